The van der Waals surface area contributed by atoms with Gasteiger partial charge in [-0.05, 0) is 74.0 Å². The van der Waals surface area contributed by atoms with E-state index >= 15 is 0 Å². The Morgan fingerprint density at radius 1 is 1.15 bits per heavy atom. The number of carbonyl (C=O) groups is 3. The molecule has 5 N–H and O–H groups in total. The number of ketones is 3. The van der Waals surface area contributed by atoms with Gasteiger partial charge in [0.1, 0.15) is 17.3 Å². The summed E-state index contributed by atoms with van der Waals surface area (Å²) in [5.41, 5.74) is 2.41. The maximum Gasteiger partial charge on any atom is 0.167 e. The zero-order valence-corrected chi connectivity index (χ0v) is 20.1. The van der Waals surface area contributed by atoms with Gasteiger partial charge in [0.05, 0.1) is 18.6 Å². The molecule has 2 rings (SSSR count). The number of aryl methyl sites for hydroxylation is 1. The van der Waals surface area contributed by atoms with Crippen molar-refractivity contribution in [2.45, 2.75) is 72.1 Å². The number of aromatic hydroxyl groups is 1. The Bertz CT molecular complexity index is 826. The molecule has 0 fully saturated rings. The maximum absolute atomic E-state index is 12.9. The Morgan fingerprint density at radius 2 is 1.85 bits per heavy atom. The largest absolute Gasteiger partial charge is 0.507 e. The van der Waals surface area contributed by atoms with Gasteiger partial charge >= 0.3 is 0 Å². The minimum atomic E-state index is -0.725. The molecule has 1 aliphatic rings. The lowest BCUT2D eigenvalue weighted by atomic mass is 9.72. The number of hydrogen-bond donors (Lipinski definition) is 3. The first-order valence-corrected chi connectivity index (χ1v) is 11.8. The number of fused-ring (bicyclic) bond motifs is 1. The fraction of sp³-hybridized carbons (Fsp3) is 0.654. The van der Waals surface area contributed by atoms with Crippen molar-refractivity contribution in [1.82, 2.24) is 0 Å². The molecule has 190 valence electrons. The molecule has 33 heavy (non-hydrogen) atoms. The molecule has 0 aromatic heterocycles. The number of benzene rings is 1. The molecular weight excluding hydrogens is 424 g/mol. The molecule has 1 aromatic carbocycles. The van der Waals surface area contributed by atoms with Crippen LogP contribution in [0, 0.1) is 23.7 Å². The summed E-state index contributed by atoms with van der Waals surface area (Å²) in [5.74, 6) is -1.12. The fourth-order valence-electron chi connectivity index (χ4n) is 5.02. The molecular formula is C26H44O7. The van der Waals surface area contributed by atoms with Gasteiger partial charge in [0, 0.05) is 21.8 Å². The van der Waals surface area contributed by atoms with Crippen LogP contribution in [0.2, 0.25) is 0 Å². The lowest BCUT2D eigenvalue weighted by Crippen LogP contribution is -2.32. The van der Waals surface area contributed by atoms with Crippen LogP contribution in [-0.2, 0) is 22.4 Å². The number of hydrogen-bond acceptors (Lipinski definition) is 6. The predicted molar refractivity (Wildman–Crippen MR) is 131 cm³/mol. The number of rotatable bonds is 13. The molecule has 7 nitrogen and oxygen atoms in total. The van der Waals surface area contributed by atoms with E-state index in [1.165, 1.54) is 6.92 Å². The van der Waals surface area contributed by atoms with E-state index in [0.717, 1.165) is 30.4 Å². The van der Waals surface area contributed by atoms with E-state index < -0.39 is 5.92 Å². The second-order valence-electron chi connectivity index (χ2n) is 9.72. The molecule has 1 aromatic rings. The topological polar surface area (TPSA) is 143 Å². The van der Waals surface area contributed by atoms with Crippen LogP contribution in [0.15, 0.2) is 12.1 Å². The van der Waals surface area contributed by atoms with E-state index in [9.17, 15) is 29.7 Å². The summed E-state index contributed by atoms with van der Waals surface area (Å²) in [6, 6.07) is 3.51. The highest BCUT2D eigenvalue weighted by Crippen LogP contribution is 2.38. The SMILES string of the molecule is CC(=O)CC(=O)C(CO)C(CCO)CC1CC(=O)c2c(O)ccc(CCCC(C)C)c2C1.O.[HH].[HH]. The lowest BCUT2D eigenvalue weighted by Gasteiger charge is -2.31. The molecule has 3 unspecified atom stereocenters. The summed E-state index contributed by atoms with van der Waals surface area (Å²) in [5, 5.41) is 29.7. The monoisotopic (exact) mass is 468 g/mol. The molecule has 0 spiro atoms. The van der Waals surface area contributed by atoms with Gasteiger partial charge < -0.3 is 20.8 Å². The van der Waals surface area contributed by atoms with Crippen molar-refractivity contribution in [1.29, 1.82) is 0 Å². The van der Waals surface area contributed by atoms with Crippen molar-refractivity contribution in [2.24, 2.45) is 23.7 Å². The van der Waals surface area contributed by atoms with Crippen LogP contribution in [0.25, 0.3) is 0 Å². The van der Waals surface area contributed by atoms with Gasteiger partial charge in [-0.2, -0.15) is 0 Å². The molecule has 0 bridgehead atoms. The first-order valence-electron chi connectivity index (χ1n) is 11.8. The lowest BCUT2D eigenvalue weighted by molar-refractivity contribution is -0.131. The minimum absolute atomic E-state index is 0. The Hall–Kier alpha value is -2.09. The van der Waals surface area contributed by atoms with Crippen molar-refractivity contribution in [3.63, 3.8) is 0 Å². The average Bonchev–Trinajstić information content (AvgIpc) is 2.69. The fourth-order valence-corrected chi connectivity index (χ4v) is 5.02. The average molecular weight is 469 g/mol. The first kappa shape index (κ1) is 28.9. The first-order chi connectivity index (χ1) is 15.2. The molecule has 0 amide bonds. The quantitative estimate of drug-likeness (QED) is 0.379. The third-order valence-electron chi connectivity index (χ3n) is 6.60. The highest BCUT2D eigenvalue weighted by Gasteiger charge is 2.34. The second kappa shape index (κ2) is 13.6. The Morgan fingerprint density at radius 3 is 2.42 bits per heavy atom. The van der Waals surface area contributed by atoms with E-state index in [1.807, 2.05) is 6.07 Å². The van der Waals surface area contributed by atoms with Gasteiger partial charge in [0.25, 0.3) is 0 Å². The van der Waals surface area contributed by atoms with Crippen LogP contribution in [-0.4, -0.2) is 51.4 Å². The predicted octanol–water partition coefficient (Wildman–Crippen LogP) is 3.33. The number of phenols is 1. The van der Waals surface area contributed by atoms with Crippen LogP contribution in [0.4, 0.5) is 0 Å². The van der Waals surface area contributed by atoms with Crippen molar-refractivity contribution < 1.29 is 38.0 Å². The Kier molecular flexibility index (Phi) is 11.9. The van der Waals surface area contributed by atoms with Gasteiger partial charge in [-0.1, -0.05) is 26.3 Å². The van der Waals surface area contributed by atoms with Crippen molar-refractivity contribution in [2.75, 3.05) is 13.2 Å². The van der Waals surface area contributed by atoms with E-state index in [2.05, 4.69) is 13.8 Å². The number of carbonyl (C=O) groups excluding carboxylic acids is 3. The number of phenolic OH excluding ortho intramolecular Hbond substituents is 1. The van der Waals surface area contributed by atoms with Gasteiger partial charge in [-0.3, -0.25) is 14.4 Å². The number of aliphatic hydroxyl groups is 2. The van der Waals surface area contributed by atoms with Crippen LogP contribution in [0.3, 0.4) is 0 Å². The van der Waals surface area contributed by atoms with Crippen molar-refractivity contribution in [3.8, 4) is 5.75 Å². The summed E-state index contributed by atoms with van der Waals surface area (Å²) in [4.78, 5) is 36.9. The standard InChI is InChI=1S/C26H38O6.H2O.2H2/c1-16(2)5-4-6-19-7-8-23(30)26-21(19)13-18(14-25(26)32)12-20(9-10-27)22(15-28)24(31)11-17(3)29;;;/h7-8,16,18,20,22,27-28,30H,4-6,9-15H2,1-3H3;1H2;2*1H. The Labute approximate surface area is 199 Å². The Balaban J connectivity index is 0. The maximum atomic E-state index is 12.9. The summed E-state index contributed by atoms with van der Waals surface area (Å²) >= 11 is 0. The second-order valence-corrected chi connectivity index (χ2v) is 9.72. The van der Waals surface area contributed by atoms with Gasteiger partial charge in [-0.15, -0.1) is 0 Å². The minimum Gasteiger partial charge on any atom is -0.507 e. The van der Waals surface area contributed by atoms with E-state index in [-0.39, 0.29) is 69.3 Å². The molecule has 7 heteroatoms. The number of aliphatic hydroxyl groups excluding tert-OH is 2. The van der Waals surface area contributed by atoms with Gasteiger partial charge in [0.2, 0.25) is 0 Å². The molecule has 3 atom stereocenters. The van der Waals surface area contributed by atoms with Crippen LogP contribution in [0.1, 0.15) is 83.6 Å². The van der Waals surface area contributed by atoms with Crippen LogP contribution < -0.4 is 0 Å². The summed E-state index contributed by atoms with van der Waals surface area (Å²) < 4.78 is 0. The van der Waals surface area contributed by atoms with Crippen molar-refractivity contribution in [3.05, 3.63) is 28.8 Å². The van der Waals surface area contributed by atoms with Crippen LogP contribution >= 0.6 is 0 Å². The van der Waals surface area contributed by atoms with Crippen molar-refractivity contribution >= 4 is 17.3 Å². The van der Waals surface area contributed by atoms with E-state index in [0.29, 0.717) is 30.7 Å². The third-order valence-corrected chi connectivity index (χ3v) is 6.60. The van der Waals surface area contributed by atoms with Gasteiger partial charge in [-0.25, -0.2) is 0 Å². The highest BCUT2D eigenvalue weighted by molar-refractivity contribution is 6.01. The molecule has 1 aliphatic carbocycles. The molecule has 0 radical (unpaired) electrons. The molecule has 0 heterocycles. The zero-order valence-electron chi connectivity index (χ0n) is 20.1. The normalized spacial score (nSPS) is 17.3. The van der Waals surface area contributed by atoms with E-state index in [1.54, 1.807) is 6.07 Å². The molecule has 0 aliphatic heterocycles. The smallest absolute Gasteiger partial charge is 0.167 e. The van der Waals surface area contributed by atoms with Crippen LogP contribution in [0.5, 0.6) is 5.75 Å². The van der Waals surface area contributed by atoms with E-state index in [4.69, 9.17) is 0 Å². The highest BCUT2D eigenvalue weighted by atomic mass is 16.3. The third kappa shape index (κ3) is 8.02. The summed E-state index contributed by atoms with van der Waals surface area (Å²) in [6.45, 7) is 5.19. The number of Topliss-reactive ketones (excluding diaryl/α,β-unsaturated/α-hetero) is 3. The molecule has 0 saturated carbocycles. The summed E-state index contributed by atoms with van der Waals surface area (Å²) in [7, 11) is 0. The van der Waals surface area contributed by atoms with Gasteiger partial charge in [0.15, 0.2) is 5.78 Å². The summed E-state index contributed by atoms with van der Waals surface area (Å²) in [6.07, 6.45) is 4.42. The molecule has 0 saturated heterocycles. The zero-order chi connectivity index (χ0) is 23.8.